The monoisotopic (exact) mass is 500 g/mol. The quantitative estimate of drug-likeness (QED) is 0.371. The molecule has 12 heteroatoms. The lowest BCUT2D eigenvalue weighted by atomic mass is 10.1. The number of sulfonamides is 1. The molecule has 7 nitrogen and oxygen atoms in total. The average Bonchev–Trinajstić information content (AvgIpc) is 3.24. The van der Waals surface area contributed by atoms with Crippen molar-refractivity contribution in [1.82, 2.24) is 10.3 Å². The molecule has 1 aromatic heterocycles. The smallest absolute Gasteiger partial charge is 0.367 e. The van der Waals surface area contributed by atoms with Crippen LogP contribution in [0.2, 0.25) is 0 Å². The van der Waals surface area contributed by atoms with Crippen molar-refractivity contribution < 1.29 is 30.8 Å². The standard InChI is InChI=1S/C22H24F4N4O3S/c1-34(32,33)30-18-9-6-14(12-17(18)23)13-27-20(31)11-8-15-7-10-19(22(24,25)26)29-21(15)28-16-4-2-3-5-16/h6-12,16,30H,2-5,13H2,1H3,(H,27,31)(H,28,29)/b11-8+. The maximum atomic E-state index is 14.1. The summed E-state index contributed by atoms with van der Waals surface area (Å²) in [4.78, 5) is 15.9. The number of amides is 1. The molecule has 1 heterocycles. The number of carbonyl (C=O) groups excluding carboxylic acids is 1. The van der Waals surface area contributed by atoms with Crippen LogP contribution in [-0.2, 0) is 27.5 Å². The molecule has 34 heavy (non-hydrogen) atoms. The molecule has 3 rings (SSSR count). The van der Waals surface area contributed by atoms with Crippen LogP contribution in [-0.4, -0.2) is 31.6 Å². The zero-order chi connectivity index (χ0) is 24.9. The number of benzene rings is 1. The maximum absolute atomic E-state index is 14.1. The molecule has 1 fully saturated rings. The third-order valence-electron chi connectivity index (χ3n) is 5.12. The Labute approximate surface area is 194 Å². The van der Waals surface area contributed by atoms with Crippen LogP contribution >= 0.6 is 0 Å². The van der Waals surface area contributed by atoms with Crippen molar-refractivity contribution in [1.29, 1.82) is 0 Å². The van der Waals surface area contributed by atoms with E-state index in [1.807, 2.05) is 4.72 Å². The van der Waals surface area contributed by atoms with E-state index in [4.69, 9.17) is 0 Å². The molecule has 0 radical (unpaired) electrons. The number of aromatic nitrogens is 1. The fraction of sp³-hybridized carbons (Fsp3) is 0.364. The molecule has 0 bridgehead atoms. The van der Waals surface area contributed by atoms with Crippen LogP contribution < -0.4 is 15.4 Å². The number of hydrogen-bond acceptors (Lipinski definition) is 5. The van der Waals surface area contributed by atoms with Gasteiger partial charge < -0.3 is 10.6 Å². The predicted molar refractivity (Wildman–Crippen MR) is 121 cm³/mol. The number of nitrogens with one attached hydrogen (secondary N) is 3. The van der Waals surface area contributed by atoms with Gasteiger partial charge in [-0.2, -0.15) is 13.2 Å². The van der Waals surface area contributed by atoms with Crippen LogP contribution in [0, 0.1) is 5.82 Å². The number of anilines is 2. The average molecular weight is 501 g/mol. The summed E-state index contributed by atoms with van der Waals surface area (Å²) in [6.07, 6.45) is 2.44. The zero-order valence-corrected chi connectivity index (χ0v) is 19.1. The highest BCUT2D eigenvalue weighted by Gasteiger charge is 2.33. The molecule has 1 aliphatic rings. The first kappa shape index (κ1) is 25.5. The number of nitrogens with zero attached hydrogens (tertiary/aromatic N) is 1. The highest BCUT2D eigenvalue weighted by Crippen LogP contribution is 2.31. The van der Waals surface area contributed by atoms with Gasteiger partial charge in [0.1, 0.15) is 17.3 Å². The van der Waals surface area contributed by atoms with Crippen LogP contribution in [0.3, 0.4) is 0 Å². The van der Waals surface area contributed by atoms with Gasteiger partial charge >= 0.3 is 6.18 Å². The topological polar surface area (TPSA) is 100 Å². The van der Waals surface area contributed by atoms with Crippen molar-refractivity contribution in [2.75, 3.05) is 16.3 Å². The Bertz CT molecular complexity index is 1180. The SMILES string of the molecule is CS(=O)(=O)Nc1ccc(CNC(=O)/C=C/c2ccc(C(F)(F)F)nc2NC2CCCC2)cc1F. The Hall–Kier alpha value is -3.15. The van der Waals surface area contributed by atoms with Gasteiger partial charge in [0.2, 0.25) is 15.9 Å². The van der Waals surface area contributed by atoms with Gasteiger partial charge in [-0.25, -0.2) is 17.8 Å². The summed E-state index contributed by atoms with van der Waals surface area (Å²) in [7, 11) is -3.64. The highest BCUT2D eigenvalue weighted by molar-refractivity contribution is 7.92. The van der Waals surface area contributed by atoms with E-state index in [2.05, 4.69) is 15.6 Å². The molecule has 0 atom stereocenters. The second-order valence-electron chi connectivity index (χ2n) is 8.00. The lowest BCUT2D eigenvalue weighted by Crippen LogP contribution is -2.21. The van der Waals surface area contributed by atoms with Gasteiger partial charge in [0.05, 0.1) is 11.9 Å². The highest BCUT2D eigenvalue weighted by atomic mass is 32.2. The molecular weight excluding hydrogens is 476 g/mol. The number of alkyl halides is 3. The first-order chi connectivity index (χ1) is 15.9. The Morgan fingerprint density at radius 2 is 1.88 bits per heavy atom. The van der Waals surface area contributed by atoms with Crippen LogP contribution in [0.25, 0.3) is 6.08 Å². The first-order valence-corrected chi connectivity index (χ1v) is 12.4. The zero-order valence-electron chi connectivity index (χ0n) is 18.2. The molecule has 0 unspecified atom stereocenters. The first-order valence-electron chi connectivity index (χ1n) is 10.5. The van der Waals surface area contributed by atoms with Gasteiger partial charge in [-0.3, -0.25) is 9.52 Å². The molecule has 1 amide bonds. The van der Waals surface area contributed by atoms with Crippen LogP contribution in [0.4, 0.5) is 29.1 Å². The number of carbonyl (C=O) groups is 1. The minimum atomic E-state index is -4.59. The Balaban J connectivity index is 1.67. The van der Waals surface area contributed by atoms with Gasteiger partial charge in [0.25, 0.3) is 0 Å². The molecule has 1 aliphatic carbocycles. The van der Waals surface area contributed by atoms with E-state index >= 15 is 0 Å². The van der Waals surface area contributed by atoms with Crippen LogP contribution in [0.5, 0.6) is 0 Å². The summed E-state index contributed by atoms with van der Waals surface area (Å²) < 4.78 is 77.8. The van der Waals surface area contributed by atoms with E-state index in [9.17, 15) is 30.8 Å². The second kappa shape index (κ2) is 10.4. The van der Waals surface area contributed by atoms with Crippen LogP contribution in [0.15, 0.2) is 36.4 Å². The van der Waals surface area contributed by atoms with E-state index in [1.165, 1.54) is 24.3 Å². The molecule has 2 aromatic rings. The molecule has 1 aromatic carbocycles. The van der Waals surface area contributed by atoms with Crippen molar-refractivity contribution in [3.8, 4) is 0 Å². The largest absolute Gasteiger partial charge is 0.433 e. The molecular formula is C22H24F4N4O3S. The summed E-state index contributed by atoms with van der Waals surface area (Å²) in [6, 6.07) is 5.89. The van der Waals surface area contributed by atoms with E-state index in [-0.39, 0.29) is 24.1 Å². The molecule has 1 saturated carbocycles. The van der Waals surface area contributed by atoms with Crippen molar-refractivity contribution >= 4 is 33.5 Å². The fourth-order valence-electron chi connectivity index (χ4n) is 3.51. The fourth-order valence-corrected chi connectivity index (χ4v) is 4.07. The van der Waals surface area contributed by atoms with E-state index in [0.717, 1.165) is 50.1 Å². The third-order valence-corrected chi connectivity index (χ3v) is 5.71. The third kappa shape index (κ3) is 7.44. The minimum absolute atomic E-state index is 0.0204. The van der Waals surface area contributed by atoms with E-state index in [0.29, 0.717) is 11.1 Å². The van der Waals surface area contributed by atoms with Crippen molar-refractivity contribution in [2.24, 2.45) is 0 Å². The summed E-state index contributed by atoms with van der Waals surface area (Å²) >= 11 is 0. The number of hydrogen-bond donors (Lipinski definition) is 3. The predicted octanol–water partition coefficient (Wildman–Crippen LogP) is 4.30. The molecule has 0 aliphatic heterocycles. The molecule has 0 spiro atoms. The van der Waals surface area contributed by atoms with Gasteiger partial charge in [-0.15, -0.1) is 0 Å². The van der Waals surface area contributed by atoms with Crippen molar-refractivity contribution in [2.45, 2.75) is 44.4 Å². The van der Waals surface area contributed by atoms with Crippen molar-refractivity contribution in [3.05, 3.63) is 59.0 Å². The summed E-state index contributed by atoms with van der Waals surface area (Å²) in [5.41, 5.74) is -0.518. The van der Waals surface area contributed by atoms with Crippen LogP contribution in [0.1, 0.15) is 42.5 Å². The van der Waals surface area contributed by atoms with Gasteiger partial charge in [0.15, 0.2) is 0 Å². The Morgan fingerprint density at radius 3 is 2.50 bits per heavy atom. The summed E-state index contributed by atoms with van der Waals surface area (Å²) in [5, 5.41) is 5.59. The van der Waals surface area contributed by atoms with Gasteiger partial charge in [-0.05, 0) is 48.7 Å². The van der Waals surface area contributed by atoms with Crippen molar-refractivity contribution in [3.63, 3.8) is 0 Å². The summed E-state index contributed by atoms with van der Waals surface area (Å²) in [6.45, 7) is -0.0440. The number of halogens is 4. The lowest BCUT2D eigenvalue weighted by Gasteiger charge is -2.16. The molecule has 0 saturated heterocycles. The minimum Gasteiger partial charge on any atom is -0.367 e. The lowest BCUT2D eigenvalue weighted by molar-refractivity contribution is -0.141. The van der Waals surface area contributed by atoms with E-state index < -0.39 is 33.6 Å². The normalized spacial score (nSPS) is 15.0. The molecule has 184 valence electrons. The van der Waals surface area contributed by atoms with Gasteiger partial charge in [-0.1, -0.05) is 18.9 Å². The Kier molecular flexibility index (Phi) is 7.80. The number of rotatable bonds is 8. The maximum Gasteiger partial charge on any atom is 0.433 e. The Morgan fingerprint density at radius 1 is 1.18 bits per heavy atom. The number of pyridine rings is 1. The van der Waals surface area contributed by atoms with E-state index in [1.54, 1.807) is 0 Å². The molecule has 3 N–H and O–H groups in total. The van der Waals surface area contributed by atoms with Gasteiger partial charge in [0, 0.05) is 24.2 Å². The summed E-state index contributed by atoms with van der Waals surface area (Å²) in [5.74, 6) is -1.29. The second-order valence-corrected chi connectivity index (χ2v) is 9.75.